The van der Waals surface area contributed by atoms with Crippen LogP contribution in [0.4, 0.5) is 16.2 Å². The Balaban J connectivity index is 1.28. The molecule has 0 aliphatic carbocycles. The van der Waals surface area contributed by atoms with Crippen LogP contribution >= 0.6 is 0 Å². The Labute approximate surface area is 181 Å². The summed E-state index contributed by atoms with van der Waals surface area (Å²) < 4.78 is 11.1. The second-order valence-corrected chi connectivity index (χ2v) is 8.02. The number of fused-ring (bicyclic) bond motifs is 2. The molecule has 31 heavy (non-hydrogen) atoms. The van der Waals surface area contributed by atoms with Gasteiger partial charge >= 0.3 is 6.03 Å². The van der Waals surface area contributed by atoms with Crippen molar-refractivity contribution in [2.24, 2.45) is 0 Å². The minimum atomic E-state index is -0.464. The number of carbonyl (C=O) groups excluding carboxylic acids is 2. The number of anilines is 2. The summed E-state index contributed by atoms with van der Waals surface area (Å²) in [5.41, 5.74) is 1.87. The first kappa shape index (κ1) is 19.5. The number of urea groups is 1. The second-order valence-electron chi connectivity index (χ2n) is 8.02. The van der Waals surface area contributed by atoms with Crippen LogP contribution in [-0.2, 0) is 0 Å². The molecule has 162 valence electrons. The lowest BCUT2D eigenvalue weighted by atomic mass is 9.90. The molecule has 8 heteroatoms. The van der Waals surface area contributed by atoms with Gasteiger partial charge in [-0.3, -0.25) is 4.79 Å². The molecule has 3 aliphatic rings. The molecule has 2 aromatic rings. The number of piperidine rings is 1. The number of carbonyl (C=O) groups is 2. The largest absolute Gasteiger partial charge is 0.486 e. The summed E-state index contributed by atoms with van der Waals surface area (Å²) in [6.07, 6.45) is 1.32. The number of nitrogens with zero attached hydrogens (tertiary/aromatic N) is 2. The van der Waals surface area contributed by atoms with Crippen molar-refractivity contribution < 1.29 is 19.1 Å². The van der Waals surface area contributed by atoms with E-state index in [2.05, 4.69) is 22.5 Å². The first-order valence-corrected chi connectivity index (χ1v) is 10.7. The first-order chi connectivity index (χ1) is 15.1. The maximum Gasteiger partial charge on any atom is 0.321 e. The summed E-state index contributed by atoms with van der Waals surface area (Å²) in [7, 11) is 0. The van der Waals surface area contributed by atoms with E-state index in [1.54, 1.807) is 11.0 Å². The minimum Gasteiger partial charge on any atom is -0.486 e. The molecule has 2 N–H and O–H groups in total. The van der Waals surface area contributed by atoms with Gasteiger partial charge in [-0.2, -0.15) is 0 Å². The molecule has 3 amide bonds. The Morgan fingerprint density at radius 1 is 1.10 bits per heavy atom. The molecule has 1 saturated heterocycles. The number of para-hydroxylation sites is 1. The number of benzene rings is 2. The summed E-state index contributed by atoms with van der Waals surface area (Å²) in [5, 5.41) is 6.18. The molecule has 1 fully saturated rings. The second kappa shape index (κ2) is 7.68. The van der Waals surface area contributed by atoms with Crippen LogP contribution in [0.3, 0.4) is 0 Å². The molecule has 3 aliphatic heterocycles. The zero-order valence-electron chi connectivity index (χ0n) is 17.5. The predicted octanol–water partition coefficient (Wildman–Crippen LogP) is 3.05. The van der Waals surface area contributed by atoms with Crippen molar-refractivity contribution in [3.63, 3.8) is 0 Å². The molecule has 8 nitrogen and oxygen atoms in total. The number of hydrogen-bond donors (Lipinski definition) is 2. The monoisotopic (exact) mass is 422 g/mol. The van der Waals surface area contributed by atoms with Crippen LogP contribution in [0.1, 0.15) is 30.1 Å². The van der Waals surface area contributed by atoms with Crippen LogP contribution in [0, 0.1) is 0 Å². The maximum absolute atomic E-state index is 12.9. The number of nitrogens with one attached hydrogen (secondary N) is 2. The highest BCUT2D eigenvalue weighted by Crippen LogP contribution is 2.37. The summed E-state index contributed by atoms with van der Waals surface area (Å²) >= 11 is 0. The van der Waals surface area contributed by atoms with E-state index in [9.17, 15) is 9.59 Å². The fourth-order valence-electron chi connectivity index (χ4n) is 4.75. The van der Waals surface area contributed by atoms with Crippen LogP contribution in [0.25, 0.3) is 0 Å². The molecule has 1 spiro atoms. The van der Waals surface area contributed by atoms with Gasteiger partial charge in [-0.15, -0.1) is 0 Å². The quantitative estimate of drug-likeness (QED) is 0.777. The Bertz CT molecular complexity index is 1020. The highest BCUT2D eigenvalue weighted by molar-refractivity contribution is 6.02. The van der Waals surface area contributed by atoms with Crippen LogP contribution in [0.2, 0.25) is 0 Å². The highest BCUT2D eigenvalue weighted by atomic mass is 16.6. The molecule has 0 aromatic heterocycles. The van der Waals surface area contributed by atoms with Gasteiger partial charge in [0.25, 0.3) is 5.91 Å². The van der Waals surface area contributed by atoms with Crippen molar-refractivity contribution in [3.05, 3.63) is 48.0 Å². The summed E-state index contributed by atoms with van der Waals surface area (Å²) in [6, 6.07) is 13.0. The van der Waals surface area contributed by atoms with E-state index in [1.807, 2.05) is 36.4 Å². The summed E-state index contributed by atoms with van der Waals surface area (Å²) in [4.78, 5) is 29.7. The van der Waals surface area contributed by atoms with Crippen LogP contribution in [-0.4, -0.2) is 55.3 Å². The Kier molecular flexibility index (Phi) is 4.84. The van der Waals surface area contributed by atoms with Crippen molar-refractivity contribution in [2.45, 2.75) is 25.4 Å². The van der Waals surface area contributed by atoms with E-state index in [4.69, 9.17) is 9.47 Å². The van der Waals surface area contributed by atoms with Crippen LogP contribution < -0.4 is 25.0 Å². The SMILES string of the molecule is CCN1c2ccccc2C(=O)NC12CCN(C(=O)Nc1ccc3c(c1)OCCO3)CC2. The van der Waals surface area contributed by atoms with Crippen molar-refractivity contribution in [3.8, 4) is 11.5 Å². The summed E-state index contributed by atoms with van der Waals surface area (Å²) in [5.74, 6) is 1.29. The topological polar surface area (TPSA) is 83.1 Å². The third kappa shape index (κ3) is 3.41. The zero-order chi connectivity index (χ0) is 21.4. The third-order valence-electron chi connectivity index (χ3n) is 6.29. The number of likely N-dealkylation sites (tertiary alicyclic amines) is 1. The number of hydrogen-bond acceptors (Lipinski definition) is 5. The van der Waals surface area contributed by atoms with Gasteiger partial charge in [-0.05, 0) is 31.2 Å². The molecular formula is C23H26N4O4. The van der Waals surface area contributed by atoms with Gasteiger partial charge in [0.15, 0.2) is 11.5 Å². The van der Waals surface area contributed by atoms with Crippen molar-refractivity contribution in [2.75, 3.05) is 43.1 Å². The van der Waals surface area contributed by atoms with E-state index >= 15 is 0 Å². The van der Waals surface area contributed by atoms with Gasteiger partial charge < -0.3 is 29.9 Å². The lowest BCUT2D eigenvalue weighted by Crippen LogP contribution is -2.68. The fraction of sp³-hybridized carbons (Fsp3) is 0.391. The van der Waals surface area contributed by atoms with Gasteiger partial charge in [0, 0.05) is 44.2 Å². The van der Waals surface area contributed by atoms with E-state index in [0.717, 1.165) is 12.2 Å². The normalized spacial score (nSPS) is 18.9. The lowest BCUT2D eigenvalue weighted by molar-refractivity contribution is 0.0808. The van der Waals surface area contributed by atoms with E-state index in [1.165, 1.54) is 0 Å². The van der Waals surface area contributed by atoms with Gasteiger partial charge in [-0.1, -0.05) is 12.1 Å². The highest BCUT2D eigenvalue weighted by Gasteiger charge is 2.45. The fourth-order valence-corrected chi connectivity index (χ4v) is 4.75. The lowest BCUT2D eigenvalue weighted by Gasteiger charge is -2.52. The standard InChI is InChI=1S/C23H26N4O4/c1-2-27-18-6-4-3-5-17(18)21(28)25-23(27)9-11-26(12-10-23)22(29)24-16-7-8-19-20(15-16)31-14-13-30-19/h3-8,15H,2,9-14H2,1H3,(H,24,29)(H,25,28). The smallest absolute Gasteiger partial charge is 0.321 e. The van der Waals surface area contributed by atoms with Crippen LogP contribution in [0.5, 0.6) is 11.5 Å². The van der Waals surface area contributed by atoms with Gasteiger partial charge in [0.1, 0.15) is 18.9 Å². The Morgan fingerprint density at radius 3 is 2.61 bits per heavy atom. The molecule has 0 atom stereocenters. The van der Waals surface area contributed by atoms with E-state index in [0.29, 0.717) is 61.9 Å². The minimum absolute atomic E-state index is 0.0468. The van der Waals surface area contributed by atoms with E-state index in [-0.39, 0.29) is 11.9 Å². The van der Waals surface area contributed by atoms with Crippen LogP contribution in [0.15, 0.2) is 42.5 Å². The molecule has 3 heterocycles. The van der Waals surface area contributed by atoms with Crippen molar-refractivity contribution in [1.29, 1.82) is 0 Å². The molecule has 0 bridgehead atoms. The van der Waals surface area contributed by atoms with Crippen molar-refractivity contribution in [1.82, 2.24) is 10.2 Å². The number of amides is 3. The van der Waals surface area contributed by atoms with E-state index < -0.39 is 5.66 Å². The maximum atomic E-state index is 12.9. The van der Waals surface area contributed by atoms with Gasteiger partial charge in [0.2, 0.25) is 0 Å². The number of rotatable bonds is 2. The van der Waals surface area contributed by atoms with Gasteiger partial charge in [-0.25, -0.2) is 4.79 Å². The molecule has 0 radical (unpaired) electrons. The molecular weight excluding hydrogens is 396 g/mol. The Hall–Kier alpha value is -3.42. The average Bonchev–Trinajstić information content (AvgIpc) is 2.80. The molecule has 0 saturated carbocycles. The first-order valence-electron chi connectivity index (χ1n) is 10.7. The van der Waals surface area contributed by atoms with Gasteiger partial charge in [0.05, 0.1) is 11.3 Å². The predicted molar refractivity (Wildman–Crippen MR) is 117 cm³/mol. The molecule has 0 unspecified atom stereocenters. The zero-order valence-corrected chi connectivity index (χ0v) is 17.5. The summed E-state index contributed by atoms with van der Waals surface area (Å²) in [6.45, 7) is 5.01. The molecule has 2 aromatic carbocycles. The average molecular weight is 422 g/mol. The van der Waals surface area contributed by atoms with Crippen molar-refractivity contribution >= 4 is 23.3 Å². The third-order valence-corrected chi connectivity index (χ3v) is 6.29. The molecule has 5 rings (SSSR count). The Morgan fingerprint density at radius 2 is 1.84 bits per heavy atom. The number of ether oxygens (including phenoxy) is 2.